The van der Waals surface area contributed by atoms with Crippen LogP contribution in [0.1, 0.15) is 34.5 Å². The molecule has 0 saturated carbocycles. The Morgan fingerprint density at radius 1 is 1.06 bits per heavy atom. The van der Waals surface area contributed by atoms with Gasteiger partial charge < -0.3 is 20.1 Å². The first-order valence-electron chi connectivity index (χ1n) is 10.8. The van der Waals surface area contributed by atoms with Gasteiger partial charge in [0.1, 0.15) is 18.1 Å². The van der Waals surface area contributed by atoms with Crippen LogP contribution in [0.4, 0.5) is 0 Å². The number of ether oxygens (including phenoxy) is 1. The minimum Gasteiger partial charge on any atom is -0.489 e. The van der Waals surface area contributed by atoms with Crippen molar-refractivity contribution in [1.29, 1.82) is 0 Å². The van der Waals surface area contributed by atoms with Gasteiger partial charge in [-0.2, -0.15) is 0 Å². The number of benzene rings is 3. The Balaban J connectivity index is 1.30. The highest BCUT2D eigenvalue weighted by molar-refractivity contribution is 5.90. The zero-order valence-electron chi connectivity index (χ0n) is 17.9. The molecular formula is C26H27N3O3. The SMILES string of the molecule is NC(=O)c1cn(C[C@@H](O)CCCc2ccccc2OCc2ccc3ccccc3c2)cn1. The molecule has 3 N–H and O–H groups in total. The molecule has 1 amide bonds. The number of hydrogen-bond acceptors (Lipinski definition) is 4. The van der Waals surface area contributed by atoms with Crippen LogP contribution in [0.3, 0.4) is 0 Å². The van der Waals surface area contributed by atoms with Gasteiger partial charge >= 0.3 is 0 Å². The van der Waals surface area contributed by atoms with Crippen molar-refractivity contribution in [1.82, 2.24) is 9.55 Å². The summed E-state index contributed by atoms with van der Waals surface area (Å²) in [5.41, 5.74) is 7.67. The summed E-state index contributed by atoms with van der Waals surface area (Å²) in [4.78, 5) is 15.1. The summed E-state index contributed by atoms with van der Waals surface area (Å²) in [7, 11) is 0. The lowest BCUT2D eigenvalue weighted by molar-refractivity contribution is 0.0995. The van der Waals surface area contributed by atoms with E-state index < -0.39 is 12.0 Å². The van der Waals surface area contributed by atoms with Crippen molar-refractivity contribution in [3.63, 3.8) is 0 Å². The zero-order chi connectivity index (χ0) is 22.3. The van der Waals surface area contributed by atoms with Crippen molar-refractivity contribution in [2.75, 3.05) is 0 Å². The van der Waals surface area contributed by atoms with Crippen molar-refractivity contribution in [2.24, 2.45) is 5.73 Å². The molecule has 32 heavy (non-hydrogen) atoms. The van der Waals surface area contributed by atoms with Gasteiger partial charge in [0.15, 0.2) is 0 Å². The van der Waals surface area contributed by atoms with Crippen LogP contribution in [0, 0.1) is 0 Å². The average Bonchev–Trinajstić information content (AvgIpc) is 3.27. The normalized spacial score (nSPS) is 12.0. The maximum absolute atomic E-state index is 11.1. The van der Waals surface area contributed by atoms with E-state index in [0.29, 0.717) is 19.6 Å². The van der Waals surface area contributed by atoms with Crippen molar-refractivity contribution in [3.05, 3.63) is 96.1 Å². The number of fused-ring (bicyclic) bond motifs is 1. The Morgan fingerprint density at radius 3 is 2.66 bits per heavy atom. The number of aryl methyl sites for hydroxylation is 1. The van der Waals surface area contributed by atoms with Crippen LogP contribution in [0.25, 0.3) is 10.8 Å². The number of aliphatic hydroxyl groups is 1. The summed E-state index contributed by atoms with van der Waals surface area (Å²) in [5, 5.41) is 12.8. The lowest BCUT2D eigenvalue weighted by Gasteiger charge is -2.14. The van der Waals surface area contributed by atoms with E-state index in [4.69, 9.17) is 10.5 Å². The van der Waals surface area contributed by atoms with Crippen LogP contribution < -0.4 is 10.5 Å². The summed E-state index contributed by atoms with van der Waals surface area (Å²) in [6.45, 7) is 0.883. The fraction of sp³-hybridized carbons (Fsp3) is 0.231. The highest BCUT2D eigenvalue weighted by Gasteiger charge is 2.10. The number of carbonyl (C=O) groups is 1. The predicted octanol–water partition coefficient (Wildman–Crippen LogP) is 4.10. The third kappa shape index (κ3) is 5.53. The lowest BCUT2D eigenvalue weighted by Crippen LogP contribution is -2.15. The van der Waals surface area contributed by atoms with Gasteiger partial charge in [-0.1, -0.05) is 54.6 Å². The average molecular weight is 430 g/mol. The Hall–Kier alpha value is -3.64. The van der Waals surface area contributed by atoms with E-state index in [2.05, 4.69) is 41.4 Å². The number of amides is 1. The minimum absolute atomic E-state index is 0.203. The van der Waals surface area contributed by atoms with Gasteiger partial charge in [0, 0.05) is 12.7 Å². The van der Waals surface area contributed by atoms with Gasteiger partial charge in [0.2, 0.25) is 0 Å². The molecule has 6 heteroatoms. The van der Waals surface area contributed by atoms with Crippen molar-refractivity contribution >= 4 is 16.7 Å². The second-order valence-electron chi connectivity index (χ2n) is 7.94. The van der Waals surface area contributed by atoms with E-state index in [9.17, 15) is 9.90 Å². The Labute approximate surface area is 187 Å². The number of para-hydroxylation sites is 1. The zero-order valence-corrected chi connectivity index (χ0v) is 17.9. The number of carbonyl (C=O) groups excluding carboxylic acids is 1. The molecule has 0 bridgehead atoms. The number of hydrogen-bond donors (Lipinski definition) is 2. The van der Waals surface area contributed by atoms with E-state index in [1.807, 2.05) is 30.3 Å². The number of aromatic nitrogens is 2. The van der Waals surface area contributed by atoms with Crippen LogP contribution in [0.2, 0.25) is 0 Å². The summed E-state index contributed by atoms with van der Waals surface area (Å²) in [6.07, 6.45) is 4.79. The summed E-state index contributed by atoms with van der Waals surface area (Å²) < 4.78 is 7.82. The molecule has 0 aliphatic rings. The Kier molecular flexibility index (Phi) is 6.82. The highest BCUT2D eigenvalue weighted by atomic mass is 16.5. The molecule has 0 radical (unpaired) electrons. The van der Waals surface area contributed by atoms with Crippen molar-refractivity contribution in [3.8, 4) is 5.75 Å². The van der Waals surface area contributed by atoms with E-state index in [1.165, 1.54) is 17.1 Å². The molecule has 0 saturated heterocycles. The standard InChI is InChI=1S/C26H27N3O3/c27-26(31)24-16-29(18-28-24)15-23(30)10-5-9-21-7-3-4-11-25(21)32-17-19-12-13-20-6-1-2-8-22(20)14-19/h1-4,6-8,11-14,16,18,23,30H,5,9-10,15,17H2,(H2,27,31)/t23-/m0/s1. The maximum Gasteiger partial charge on any atom is 0.268 e. The second-order valence-corrected chi connectivity index (χ2v) is 7.94. The predicted molar refractivity (Wildman–Crippen MR) is 124 cm³/mol. The molecule has 3 aromatic carbocycles. The number of primary amides is 1. The second kappa shape index (κ2) is 10.1. The Bertz CT molecular complexity index is 1200. The molecule has 0 aliphatic carbocycles. The first-order valence-corrected chi connectivity index (χ1v) is 10.8. The molecule has 0 unspecified atom stereocenters. The van der Waals surface area contributed by atoms with Gasteiger partial charge in [-0.15, -0.1) is 0 Å². The summed E-state index contributed by atoms with van der Waals surface area (Å²) >= 11 is 0. The van der Waals surface area contributed by atoms with Crippen molar-refractivity contribution < 1.29 is 14.6 Å². The van der Waals surface area contributed by atoms with E-state index in [1.54, 1.807) is 10.8 Å². The Morgan fingerprint density at radius 2 is 1.84 bits per heavy atom. The van der Waals surface area contributed by atoms with E-state index >= 15 is 0 Å². The van der Waals surface area contributed by atoms with E-state index in [0.717, 1.165) is 29.7 Å². The smallest absolute Gasteiger partial charge is 0.268 e. The molecule has 1 heterocycles. The lowest BCUT2D eigenvalue weighted by atomic mass is 10.0. The van der Waals surface area contributed by atoms with Gasteiger partial charge in [-0.25, -0.2) is 4.98 Å². The van der Waals surface area contributed by atoms with Gasteiger partial charge in [0.05, 0.1) is 12.4 Å². The molecule has 1 aromatic heterocycles. The van der Waals surface area contributed by atoms with Crippen LogP contribution >= 0.6 is 0 Å². The third-order valence-corrected chi connectivity index (χ3v) is 5.47. The van der Waals surface area contributed by atoms with E-state index in [-0.39, 0.29) is 5.69 Å². The molecule has 4 aromatic rings. The molecular weight excluding hydrogens is 402 g/mol. The first-order chi connectivity index (χ1) is 15.6. The van der Waals surface area contributed by atoms with Crippen LogP contribution in [-0.4, -0.2) is 26.7 Å². The first kappa shape index (κ1) is 21.6. The number of aliphatic hydroxyl groups excluding tert-OH is 1. The summed E-state index contributed by atoms with van der Waals surface area (Å²) in [6, 6.07) is 22.7. The fourth-order valence-corrected chi connectivity index (χ4v) is 3.79. The largest absolute Gasteiger partial charge is 0.489 e. The molecule has 1 atom stereocenters. The monoisotopic (exact) mass is 429 g/mol. The maximum atomic E-state index is 11.1. The summed E-state index contributed by atoms with van der Waals surface area (Å²) in [5.74, 6) is 0.300. The number of imidazole rings is 1. The fourth-order valence-electron chi connectivity index (χ4n) is 3.79. The molecule has 0 fully saturated rings. The van der Waals surface area contributed by atoms with Crippen LogP contribution in [0.5, 0.6) is 5.75 Å². The topological polar surface area (TPSA) is 90.4 Å². The third-order valence-electron chi connectivity index (χ3n) is 5.47. The number of nitrogens with zero attached hydrogens (tertiary/aromatic N) is 2. The van der Waals surface area contributed by atoms with Crippen molar-refractivity contribution in [2.45, 2.75) is 38.5 Å². The quantitative estimate of drug-likeness (QED) is 0.397. The molecule has 6 nitrogen and oxygen atoms in total. The van der Waals surface area contributed by atoms with Crippen LogP contribution in [-0.2, 0) is 19.6 Å². The number of rotatable bonds is 10. The van der Waals surface area contributed by atoms with Gasteiger partial charge in [-0.3, -0.25) is 4.79 Å². The molecule has 0 aliphatic heterocycles. The molecule has 0 spiro atoms. The number of nitrogens with two attached hydrogens (primary N) is 1. The van der Waals surface area contributed by atoms with Gasteiger partial charge in [0.25, 0.3) is 5.91 Å². The molecule has 164 valence electrons. The highest BCUT2D eigenvalue weighted by Crippen LogP contribution is 2.23. The van der Waals surface area contributed by atoms with Crippen LogP contribution in [0.15, 0.2) is 79.3 Å². The minimum atomic E-state index is -0.571. The van der Waals surface area contributed by atoms with Gasteiger partial charge in [-0.05, 0) is 53.3 Å². The molecule has 4 rings (SSSR count).